The van der Waals surface area contributed by atoms with Crippen molar-refractivity contribution in [2.45, 2.75) is 19.9 Å². The van der Waals surface area contributed by atoms with Gasteiger partial charge in [0.15, 0.2) is 0 Å². The fraction of sp³-hybridized carbons (Fsp3) is 0.158. The molecule has 1 unspecified atom stereocenters. The summed E-state index contributed by atoms with van der Waals surface area (Å²) in [6, 6.07) is 13.3. The Hall–Kier alpha value is -3.08. The van der Waals surface area contributed by atoms with E-state index in [1.54, 1.807) is 25.5 Å². The number of hydrogen-bond acceptors (Lipinski definition) is 4. The van der Waals surface area contributed by atoms with E-state index in [0.29, 0.717) is 17.1 Å². The van der Waals surface area contributed by atoms with Gasteiger partial charge in [-0.2, -0.15) is 0 Å². The predicted octanol–water partition coefficient (Wildman–Crippen LogP) is 3.01. The van der Waals surface area contributed by atoms with Gasteiger partial charge in [0.25, 0.3) is 5.91 Å². The van der Waals surface area contributed by atoms with Crippen molar-refractivity contribution < 1.29 is 4.79 Å². The maximum Gasteiger partial charge on any atom is 0.255 e. The Bertz CT molecular complexity index is 795. The summed E-state index contributed by atoms with van der Waals surface area (Å²) in [7, 11) is 0. The van der Waals surface area contributed by atoms with E-state index in [4.69, 9.17) is 0 Å². The van der Waals surface area contributed by atoms with Gasteiger partial charge in [0.2, 0.25) is 0 Å². The summed E-state index contributed by atoms with van der Waals surface area (Å²) in [5, 5.41) is 3.07. The van der Waals surface area contributed by atoms with E-state index in [0.717, 1.165) is 11.1 Å². The fourth-order valence-corrected chi connectivity index (χ4v) is 2.57. The fourth-order valence-electron chi connectivity index (χ4n) is 2.57. The number of aromatic nitrogens is 3. The number of carbonyl (C=O) groups is 1. The molecule has 24 heavy (non-hydrogen) atoms. The van der Waals surface area contributed by atoms with Crippen molar-refractivity contribution in [3.05, 3.63) is 89.3 Å². The summed E-state index contributed by atoms with van der Waals surface area (Å²) in [5.41, 5.74) is 3.05. The zero-order valence-corrected chi connectivity index (χ0v) is 13.6. The molecule has 3 aromatic rings. The lowest BCUT2D eigenvalue weighted by Crippen LogP contribution is -2.30. The second-order valence-corrected chi connectivity index (χ2v) is 5.52. The van der Waals surface area contributed by atoms with Crippen molar-refractivity contribution in [2.24, 2.45) is 0 Å². The number of aryl methyl sites for hydroxylation is 2. The van der Waals surface area contributed by atoms with Gasteiger partial charge in [-0.05, 0) is 31.0 Å². The topological polar surface area (TPSA) is 67.8 Å². The number of amides is 1. The molecule has 0 saturated carbocycles. The lowest BCUT2D eigenvalue weighted by Gasteiger charge is -2.20. The van der Waals surface area contributed by atoms with Gasteiger partial charge in [0, 0.05) is 18.6 Å². The van der Waals surface area contributed by atoms with Gasteiger partial charge in [-0.1, -0.05) is 36.4 Å². The highest BCUT2D eigenvalue weighted by molar-refractivity contribution is 5.95. The molecule has 1 aromatic carbocycles. The molecule has 1 N–H and O–H groups in total. The molecule has 1 amide bonds. The standard InChI is InChI=1S/C19H18N4O/c1-13-17(12-21-14(2)22-13)19(24)23-18(15-7-4-3-5-8-15)16-9-6-10-20-11-16/h3-12,18H,1-2H3,(H,23,24). The first kappa shape index (κ1) is 15.8. The largest absolute Gasteiger partial charge is 0.341 e. The molecular weight excluding hydrogens is 300 g/mol. The minimum atomic E-state index is -0.284. The van der Waals surface area contributed by atoms with E-state index >= 15 is 0 Å². The highest BCUT2D eigenvalue weighted by Crippen LogP contribution is 2.22. The zero-order valence-electron chi connectivity index (χ0n) is 13.6. The van der Waals surface area contributed by atoms with Crippen LogP contribution in [-0.2, 0) is 0 Å². The van der Waals surface area contributed by atoms with Crippen molar-refractivity contribution in [1.82, 2.24) is 20.3 Å². The quantitative estimate of drug-likeness (QED) is 0.803. The molecule has 0 spiro atoms. The van der Waals surface area contributed by atoms with Crippen molar-refractivity contribution >= 4 is 5.91 Å². The highest BCUT2D eigenvalue weighted by Gasteiger charge is 2.19. The van der Waals surface area contributed by atoms with Gasteiger partial charge in [0.05, 0.1) is 17.3 Å². The van der Waals surface area contributed by atoms with Gasteiger partial charge in [-0.15, -0.1) is 0 Å². The van der Waals surface area contributed by atoms with Crippen LogP contribution in [0.2, 0.25) is 0 Å². The second-order valence-electron chi connectivity index (χ2n) is 5.52. The summed E-state index contributed by atoms with van der Waals surface area (Å²) in [6.07, 6.45) is 5.04. The van der Waals surface area contributed by atoms with E-state index in [-0.39, 0.29) is 11.9 Å². The number of nitrogens with one attached hydrogen (secondary N) is 1. The van der Waals surface area contributed by atoms with Crippen LogP contribution in [0.5, 0.6) is 0 Å². The number of pyridine rings is 1. The second kappa shape index (κ2) is 7.00. The lowest BCUT2D eigenvalue weighted by molar-refractivity contribution is 0.0941. The molecule has 1 atom stereocenters. The van der Waals surface area contributed by atoms with Crippen molar-refractivity contribution in [3.63, 3.8) is 0 Å². The molecule has 3 rings (SSSR count). The Morgan fingerprint density at radius 3 is 2.42 bits per heavy atom. The van der Waals surface area contributed by atoms with Crippen molar-refractivity contribution in [2.75, 3.05) is 0 Å². The molecule has 0 aliphatic rings. The van der Waals surface area contributed by atoms with E-state index in [1.165, 1.54) is 0 Å². The number of hydrogen-bond donors (Lipinski definition) is 1. The number of nitrogens with zero attached hydrogens (tertiary/aromatic N) is 3. The predicted molar refractivity (Wildman–Crippen MR) is 91.5 cm³/mol. The van der Waals surface area contributed by atoms with Crippen LogP contribution in [0.15, 0.2) is 61.1 Å². The van der Waals surface area contributed by atoms with E-state index in [9.17, 15) is 4.79 Å². The van der Waals surface area contributed by atoms with Crippen LogP contribution >= 0.6 is 0 Å². The van der Waals surface area contributed by atoms with Gasteiger partial charge in [0.1, 0.15) is 5.82 Å². The number of benzene rings is 1. The monoisotopic (exact) mass is 318 g/mol. The van der Waals surface area contributed by atoms with E-state index < -0.39 is 0 Å². The molecule has 120 valence electrons. The van der Waals surface area contributed by atoms with E-state index in [1.807, 2.05) is 49.4 Å². The van der Waals surface area contributed by atoms with Crippen LogP contribution in [0.3, 0.4) is 0 Å². The Kier molecular flexibility index (Phi) is 4.61. The molecule has 2 aromatic heterocycles. The van der Waals surface area contributed by atoms with Crippen LogP contribution in [0.1, 0.15) is 39.0 Å². The Morgan fingerprint density at radius 2 is 1.75 bits per heavy atom. The zero-order chi connectivity index (χ0) is 16.9. The summed E-state index contributed by atoms with van der Waals surface area (Å²) in [6.45, 7) is 3.61. The molecule has 5 nitrogen and oxygen atoms in total. The molecule has 5 heteroatoms. The molecule has 0 fully saturated rings. The smallest absolute Gasteiger partial charge is 0.255 e. The lowest BCUT2D eigenvalue weighted by atomic mass is 9.99. The van der Waals surface area contributed by atoms with Crippen LogP contribution in [0.4, 0.5) is 0 Å². The SMILES string of the molecule is Cc1ncc(C(=O)NC(c2ccccc2)c2cccnc2)c(C)n1. The third-order valence-corrected chi connectivity index (χ3v) is 3.77. The summed E-state index contributed by atoms with van der Waals surface area (Å²) in [4.78, 5) is 25.3. The molecule has 0 aliphatic heterocycles. The van der Waals surface area contributed by atoms with E-state index in [2.05, 4.69) is 20.3 Å². The number of rotatable bonds is 4. The van der Waals surface area contributed by atoms with Crippen LogP contribution in [0, 0.1) is 13.8 Å². The first-order valence-corrected chi connectivity index (χ1v) is 7.71. The minimum Gasteiger partial charge on any atom is -0.341 e. The molecule has 0 radical (unpaired) electrons. The van der Waals surface area contributed by atoms with Gasteiger partial charge in [-0.3, -0.25) is 9.78 Å². The van der Waals surface area contributed by atoms with Crippen molar-refractivity contribution in [3.8, 4) is 0 Å². The Morgan fingerprint density at radius 1 is 1.00 bits per heavy atom. The van der Waals surface area contributed by atoms with Gasteiger partial charge >= 0.3 is 0 Å². The molecule has 0 bridgehead atoms. The summed E-state index contributed by atoms with van der Waals surface area (Å²) in [5.74, 6) is 0.445. The molecule has 0 aliphatic carbocycles. The third-order valence-electron chi connectivity index (χ3n) is 3.77. The van der Waals surface area contributed by atoms with Crippen molar-refractivity contribution in [1.29, 1.82) is 0 Å². The average Bonchev–Trinajstić information content (AvgIpc) is 2.61. The third kappa shape index (κ3) is 3.46. The minimum absolute atomic E-state index is 0.204. The van der Waals surface area contributed by atoms with Crippen LogP contribution < -0.4 is 5.32 Å². The maximum absolute atomic E-state index is 12.7. The molecular formula is C19H18N4O. The first-order valence-electron chi connectivity index (χ1n) is 7.71. The molecule has 0 saturated heterocycles. The first-order chi connectivity index (χ1) is 11.6. The Balaban J connectivity index is 1.94. The number of carbonyl (C=O) groups excluding carboxylic acids is 1. The maximum atomic E-state index is 12.7. The highest BCUT2D eigenvalue weighted by atomic mass is 16.1. The van der Waals surface area contributed by atoms with Crippen LogP contribution in [-0.4, -0.2) is 20.9 Å². The van der Waals surface area contributed by atoms with Crippen LogP contribution in [0.25, 0.3) is 0 Å². The van der Waals surface area contributed by atoms with Gasteiger partial charge in [-0.25, -0.2) is 9.97 Å². The normalized spacial score (nSPS) is 11.8. The average molecular weight is 318 g/mol. The summed E-state index contributed by atoms with van der Waals surface area (Å²) < 4.78 is 0. The molecule has 2 heterocycles. The summed E-state index contributed by atoms with van der Waals surface area (Å²) >= 11 is 0. The Labute approximate surface area is 140 Å². The van der Waals surface area contributed by atoms with Gasteiger partial charge < -0.3 is 5.32 Å².